The van der Waals surface area contributed by atoms with Crippen molar-refractivity contribution in [3.63, 3.8) is 0 Å². The maximum Gasteiger partial charge on any atom is 0.253 e. The fraction of sp³-hybridized carbons (Fsp3) is 0.450. The van der Waals surface area contributed by atoms with E-state index in [1.165, 1.54) is 6.08 Å². The molecule has 1 N–H and O–H groups in total. The molecule has 2 heterocycles. The lowest BCUT2D eigenvalue weighted by molar-refractivity contribution is -0.126. The van der Waals surface area contributed by atoms with Crippen LogP contribution in [0.2, 0.25) is 0 Å². The molecule has 1 aromatic rings. The number of nitrogens with zero attached hydrogens (tertiary/aromatic N) is 2. The summed E-state index contributed by atoms with van der Waals surface area (Å²) < 4.78 is 0. The summed E-state index contributed by atoms with van der Waals surface area (Å²) in [5, 5.41) is 2.71. The molecule has 3 amide bonds. The molecule has 0 aliphatic carbocycles. The molecule has 26 heavy (non-hydrogen) atoms. The van der Waals surface area contributed by atoms with Gasteiger partial charge in [0.05, 0.1) is 0 Å². The van der Waals surface area contributed by atoms with Crippen molar-refractivity contribution in [2.24, 2.45) is 5.41 Å². The predicted molar refractivity (Wildman–Crippen MR) is 98.3 cm³/mol. The number of carbonyl (C=O) groups excluding carboxylic acids is 3. The molecule has 6 heteroatoms. The Labute approximate surface area is 153 Å². The third kappa shape index (κ3) is 3.79. The highest BCUT2D eigenvalue weighted by Gasteiger charge is 2.45. The highest BCUT2D eigenvalue weighted by molar-refractivity contribution is 5.94. The van der Waals surface area contributed by atoms with Gasteiger partial charge in [0.25, 0.3) is 5.91 Å². The van der Waals surface area contributed by atoms with Crippen LogP contribution in [0.15, 0.2) is 36.9 Å². The molecule has 6 nitrogen and oxygen atoms in total. The minimum Gasteiger partial charge on any atom is -0.348 e. The van der Waals surface area contributed by atoms with E-state index < -0.39 is 0 Å². The van der Waals surface area contributed by atoms with Crippen molar-refractivity contribution in [1.82, 2.24) is 15.1 Å². The molecule has 1 spiro atoms. The van der Waals surface area contributed by atoms with Gasteiger partial charge in [0.2, 0.25) is 11.8 Å². The van der Waals surface area contributed by atoms with Gasteiger partial charge in [-0.3, -0.25) is 14.4 Å². The molecule has 0 aromatic heterocycles. The molecule has 2 aliphatic rings. The van der Waals surface area contributed by atoms with Gasteiger partial charge in [-0.2, -0.15) is 0 Å². The summed E-state index contributed by atoms with van der Waals surface area (Å²) in [6.45, 7) is 5.92. The Morgan fingerprint density at radius 2 is 2.00 bits per heavy atom. The second-order valence-corrected chi connectivity index (χ2v) is 7.38. The molecule has 2 fully saturated rings. The number of nitrogens with one attached hydrogen (secondary N) is 1. The average Bonchev–Trinajstić information content (AvgIpc) is 2.92. The molecule has 1 unspecified atom stereocenters. The van der Waals surface area contributed by atoms with Crippen molar-refractivity contribution in [1.29, 1.82) is 0 Å². The molecule has 3 rings (SSSR count). The summed E-state index contributed by atoms with van der Waals surface area (Å²) in [5.74, 6) is -0.0437. The molecule has 0 saturated carbocycles. The van der Waals surface area contributed by atoms with Crippen LogP contribution >= 0.6 is 0 Å². The third-order valence-electron chi connectivity index (χ3n) is 5.33. The second-order valence-electron chi connectivity index (χ2n) is 7.38. The Morgan fingerprint density at radius 1 is 1.27 bits per heavy atom. The van der Waals surface area contributed by atoms with Crippen LogP contribution in [-0.4, -0.2) is 54.2 Å². The van der Waals surface area contributed by atoms with Crippen LogP contribution < -0.4 is 5.32 Å². The summed E-state index contributed by atoms with van der Waals surface area (Å²) in [4.78, 5) is 39.7. The first-order valence-electron chi connectivity index (χ1n) is 8.95. The molecule has 1 aromatic carbocycles. The molecule has 2 saturated heterocycles. The van der Waals surface area contributed by atoms with Crippen molar-refractivity contribution in [2.75, 3.05) is 26.7 Å². The fourth-order valence-corrected chi connectivity index (χ4v) is 3.97. The Kier molecular flexibility index (Phi) is 5.11. The molecule has 0 bridgehead atoms. The number of amides is 3. The van der Waals surface area contributed by atoms with Gasteiger partial charge in [0.1, 0.15) is 0 Å². The molecular formula is C20H25N3O3. The molecule has 1 atom stereocenters. The van der Waals surface area contributed by atoms with Crippen molar-refractivity contribution in [2.45, 2.75) is 25.8 Å². The lowest BCUT2D eigenvalue weighted by Gasteiger charge is -2.39. The largest absolute Gasteiger partial charge is 0.348 e. The van der Waals surface area contributed by atoms with Crippen LogP contribution in [0.25, 0.3) is 0 Å². The smallest absolute Gasteiger partial charge is 0.253 e. The average molecular weight is 355 g/mol. The van der Waals surface area contributed by atoms with Gasteiger partial charge in [0, 0.05) is 50.6 Å². The fourth-order valence-electron chi connectivity index (χ4n) is 3.97. The zero-order valence-electron chi connectivity index (χ0n) is 15.2. The maximum atomic E-state index is 12.9. The van der Waals surface area contributed by atoms with E-state index in [0.29, 0.717) is 25.1 Å². The van der Waals surface area contributed by atoms with Crippen molar-refractivity contribution in [3.8, 4) is 0 Å². The zero-order valence-corrected chi connectivity index (χ0v) is 15.2. The van der Waals surface area contributed by atoms with Gasteiger partial charge in [-0.05, 0) is 36.6 Å². The van der Waals surface area contributed by atoms with E-state index in [1.807, 2.05) is 24.1 Å². The van der Waals surface area contributed by atoms with Crippen LogP contribution in [0, 0.1) is 5.41 Å². The summed E-state index contributed by atoms with van der Waals surface area (Å²) in [7, 11) is 1.84. The van der Waals surface area contributed by atoms with Gasteiger partial charge in [-0.25, -0.2) is 0 Å². The van der Waals surface area contributed by atoms with E-state index in [4.69, 9.17) is 0 Å². The lowest BCUT2D eigenvalue weighted by Crippen LogP contribution is -2.47. The third-order valence-corrected chi connectivity index (χ3v) is 5.33. The van der Waals surface area contributed by atoms with Gasteiger partial charge in [-0.1, -0.05) is 18.7 Å². The Morgan fingerprint density at radius 3 is 2.62 bits per heavy atom. The minimum atomic E-state index is -0.222. The van der Waals surface area contributed by atoms with E-state index in [1.54, 1.807) is 17.0 Å². The lowest BCUT2D eigenvalue weighted by atomic mass is 9.79. The van der Waals surface area contributed by atoms with Crippen molar-refractivity contribution >= 4 is 17.7 Å². The van der Waals surface area contributed by atoms with Crippen LogP contribution in [-0.2, 0) is 16.1 Å². The highest BCUT2D eigenvalue weighted by atomic mass is 16.2. The van der Waals surface area contributed by atoms with Crippen LogP contribution in [0.5, 0.6) is 0 Å². The first-order valence-corrected chi connectivity index (χ1v) is 8.95. The standard InChI is InChI=1S/C20H25N3O3/c1-3-17(24)21-12-15-5-7-16(8-6-15)19(26)23-10-4-9-20(14-23)11-18(25)22(2)13-20/h3,5-8H,1,4,9-14H2,2H3,(H,21,24). The number of piperidine rings is 1. The van der Waals surface area contributed by atoms with Gasteiger partial charge in [-0.15, -0.1) is 0 Å². The predicted octanol–water partition coefficient (Wildman–Crippen LogP) is 1.57. The summed E-state index contributed by atoms with van der Waals surface area (Å²) in [5.41, 5.74) is 1.47. The highest BCUT2D eigenvalue weighted by Crippen LogP contribution is 2.39. The monoisotopic (exact) mass is 355 g/mol. The summed E-state index contributed by atoms with van der Waals surface area (Å²) in [6, 6.07) is 7.29. The summed E-state index contributed by atoms with van der Waals surface area (Å²) in [6.07, 6.45) is 3.69. The Bertz CT molecular complexity index is 728. The van der Waals surface area contributed by atoms with Crippen LogP contribution in [0.1, 0.15) is 35.2 Å². The van der Waals surface area contributed by atoms with E-state index in [2.05, 4.69) is 11.9 Å². The Hall–Kier alpha value is -2.63. The number of carbonyl (C=O) groups is 3. The quantitative estimate of drug-likeness (QED) is 0.834. The zero-order chi connectivity index (χ0) is 18.7. The number of likely N-dealkylation sites (tertiary alicyclic amines) is 2. The van der Waals surface area contributed by atoms with E-state index in [-0.39, 0.29) is 23.1 Å². The maximum absolute atomic E-state index is 12.9. The molecule has 0 radical (unpaired) electrons. The SMILES string of the molecule is C=CC(=O)NCc1ccc(C(=O)N2CCCC3(CC(=O)N(C)C3)C2)cc1. The second kappa shape index (κ2) is 7.32. The molecular weight excluding hydrogens is 330 g/mol. The molecule has 2 aliphatic heterocycles. The Balaban J connectivity index is 1.64. The van der Waals surface area contributed by atoms with Crippen molar-refractivity contribution in [3.05, 3.63) is 48.0 Å². The first kappa shape index (κ1) is 18.2. The summed E-state index contributed by atoms with van der Waals surface area (Å²) >= 11 is 0. The van der Waals surface area contributed by atoms with Gasteiger partial charge in [0.15, 0.2) is 0 Å². The van der Waals surface area contributed by atoms with E-state index >= 15 is 0 Å². The van der Waals surface area contributed by atoms with Crippen LogP contribution in [0.4, 0.5) is 0 Å². The number of hydrogen-bond acceptors (Lipinski definition) is 3. The van der Waals surface area contributed by atoms with Gasteiger partial charge < -0.3 is 15.1 Å². The van der Waals surface area contributed by atoms with Crippen LogP contribution in [0.3, 0.4) is 0 Å². The number of hydrogen-bond donors (Lipinski definition) is 1. The van der Waals surface area contributed by atoms with E-state index in [9.17, 15) is 14.4 Å². The topological polar surface area (TPSA) is 69.7 Å². The van der Waals surface area contributed by atoms with Gasteiger partial charge >= 0.3 is 0 Å². The number of rotatable bonds is 4. The molecule has 138 valence electrons. The van der Waals surface area contributed by atoms with Crippen molar-refractivity contribution < 1.29 is 14.4 Å². The first-order chi connectivity index (χ1) is 12.4. The normalized spacial score (nSPS) is 22.6. The van der Waals surface area contributed by atoms with E-state index in [0.717, 1.165) is 31.5 Å². The number of benzene rings is 1. The minimum absolute atomic E-state index is 0.00718.